The topological polar surface area (TPSA) is 67.8 Å². The molecule has 0 radical (unpaired) electrons. The summed E-state index contributed by atoms with van der Waals surface area (Å²) < 4.78 is 11.1. The van der Waals surface area contributed by atoms with E-state index in [2.05, 4.69) is 27.5 Å². The molecule has 0 amide bonds. The van der Waals surface area contributed by atoms with Gasteiger partial charge in [-0.2, -0.15) is 0 Å². The van der Waals surface area contributed by atoms with Gasteiger partial charge in [-0.15, -0.1) is 35.3 Å². The molecule has 2 N–H and O–H groups in total. The third-order valence-corrected chi connectivity index (χ3v) is 4.91. The van der Waals surface area contributed by atoms with Crippen LogP contribution in [0.4, 0.5) is 0 Å². The van der Waals surface area contributed by atoms with Crippen LogP contribution >= 0.6 is 35.3 Å². The highest BCUT2D eigenvalue weighted by Crippen LogP contribution is 2.23. The van der Waals surface area contributed by atoms with Crippen LogP contribution in [0.15, 0.2) is 11.2 Å². The first kappa shape index (κ1) is 20.6. The Morgan fingerprint density at radius 3 is 2.74 bits per heavy atom. The van der Waals surface area contributed by atoms with Gasteiger partial charge in [-0.25, -0.2) is 4.98 Å². The molecule has 0 aliphatic carbocycles. The van der Waals surface area contributed by atoms with Gasteiger partial charge < -0.3 is 20.1 Å². The number of guanidine groups is 1. The number of thiazole rings is 1. The summed E-state index contributed by atoms with van der Waals surface area (Å²) in [4.78, 5) is 9.88. The highest BCUT2D eigenvalue weighted by molar-refractivity contribution is 14.0. The van der Waals surface area contributed by atoms with Crippen molar-refractivity contribution in [1.29, 1.82) is 0 Å². The number of rotatable bonds is 6. The van der Waals surface area contributed by atoms with Gasteiger partial charge in [-0.3, -0.25) is 4.99 Å². The second-order valence-corrected chi connectivity index (χ2v) is 6.79. The summed E-state index contributed by atoms with van der Waals surface area (Å²) in [6.45, 7) is 5.14. The van der Waals surface area contributed by atoms with Gasteiger partial charge in [0.1, 0.15) is 0 Å². The van der Waals surface area contributed by atoms with Crippen molar-refractivity contribution in [3.63, 3.8) is 0 Å². The third kappa shape index (κ3) is 6.52. The van der Waals surface area contributed by atoms with Gasteiger partial charge in [0.2, 0.25) is 0 Å². The highest BCUT2D eigenvalue weighted by Gasteiger charge is 2.32. The van der Waals surface area contributed by atoms with E-state index in [0.717, 1.165) is 56.5 Å². The van der Waals surface area contributed by atoms with Crippen LogP contribution in [0.25, 0.3) is 0 Å². The molecule has 1 aromatic rings. The third-order valence-electron chi connectivity index (χ3n) is 3.94. The predicted octanol–water partition coefficient (Wildman–Crippen LogP) is 1.97. The van der Waals surface area contributed by atoms with Crippen molar-refractivity contribution in [3.8, 4) is 0 Å². The zero-order valence-electron chi connectivity index (χ0n) is 14.1. The lowest BCUT2D eigenvalue weighted by Gasteiger charge is -2.36. The van der Waals surface area contributed by atoms with Gasteiger partial charge in [0.05, 0.1) is 10.6 Å². The molecule has 0 bridgehead atoms. The molecule has 1 aromatic heterocycles. The molecule has 0 aromatic carbocycles. The van der Waals surface area contributed by atoms with Crippen molar-refractivity contribution in [2.75, 3.05) is 40.5 Å². The molecule has 0 unspecified atom stereocenters. The molecule has 1 aliphatic rings. The number of nitrogens with zero attached hydrogens (tertiary/aromatic N) is 2. The maximum Gasteiger partial charge on any atom is 0.191 e. The zero-order valence-corrected chi connectivity index (χ0v) is 17.2. The predicted molar refractivity (Wildman–Crippen MR) is 105 cm³/mol. The number of ether oxygens (including phenoxy) is 2. The molecule has 1 aliphatic heterocycles. The lowest BCUT2D eigenvalue weighted by atomic mass is 9.94. The molecule has 0 atom stereocenters. The molecular weight excluding hydrogens is 427 g/mol. The van der Waals surface area contributed by atoms with Crippen molar-refractivity contribution in [2.24, 2.45) is 4.99 Å². The van der Waals surface area contributed by atoms with Gasteiger partial charge >= 0.3 is 0 Å². The van der Waals surface area contributed by atoms with Crippen LogP contribution in [0.2, 0.25) is 0 Å². The number of hydrogen-bond donors (Lipinski definition) is 2. The van der Waals surface area contributed by atoms with Crippen LogP contribution in [-0.4, -0.2) is 57.0 Å². The molecule has 132 valence electrons. The van der Waals surface area contributed by atoms with Crippen LogP contribution in [0.1, 0.15) is 22.7 Å². The first-order valence-electron chi connectivity index (χ1n) is 7.66. The van der Waals surface area contributed by atoms with E-state index >= 15 is 0 Å². The largest absolute Gasteiger partial charge is 0.381 e. The van der Waals surface area contributed by atoms with Gasteiger partial charge in [-0.1, -0.05) is 0 Å². The smallest absolute Gasteiger partial charge is 0.191 e. The molecule has 2 rings (SSSR count). The minimum atomic E-state index is -0.151. The van der Waals surface area contributed by atoms with Crippen molar-refractivity contribution in [3.05, 3.63) is 16.1 Å². The van der Waals surface area contributed by atoms with E-state index < -0.39 is 0 Å². The van der Waals surface area contributed by atoms with E-state index in [1.807, 2.05) is 6.20 Å². The normalized spacial score (nSPS) is 17.4. The summed E-state index contributed by atoms with van der Waals surface area (Å²) in [5.41, 5.74) is -0.151. The Hall–Kier alpha value is -0.450. The van der Waals surface area contributed by atoms with Crippen LogP contribution in [-0.2, 0) is 15.9 Å². The highest BCUT2D eigenvalue weighted by atomic mass is 127. The molecule has 23 heavy (non-hydrogen) atoms. The Bertz CT molecular complexity index is 490. The number of aryl methyl sites for hydroxylation is 1. The van der Waals surface area contributed by atoms with Gasteiger partial charge in [-0.05, 0) is 6.92 Å². The molecule has 0 saturated carbocycles. The Balaban J connectivity index is 0.00000264. The second-order valence-electron chi connectivity index (χ2n) is 5.47. The molecule has 2 heterocycles. The zero-order chi connectivity index (χ0) is 15.8. The first-order chi connectivity index (χ1) is 10.7. The quantitative estimate of drug-likeness (QED) is 0.391. The maximum atomic E-state index is 5.72. The Labute approximate surface area is 159 Å². The SMILES string of the molecule is CN=C(NCCc1ncc(C)s1)NCC1(OC)CCOCC1.I. The molecular formula is C15H27IN4O2S. The van der Waals surface area contributed by atoms with Crippen LogP contribution in [0.5, 0.6) is 0 Å². The minimum absolute atomic E-state index is 0. The Morgan fingerprint density at radius 2 is 2.17 bits per heavy atom. The van der Waals surface area contributed by atoms with Crippen LogP contribution in [0, 0.1) is 6.92 Å². The maximum absolute atomic E-state index is 5.72. The van der Waals surface area contributed by atoms with E-state index in [0.29, 0.717) is 0 Å². The molecule has 6 nitrogen and oxygen atoms in total. The van der Waals surface area contributed by atoms with E-state index in [9.17, 15) is 0 Å². The van der Waals surface area contributed by atoms with Crippen molar-refractivity contribution in [2.45, 2.75) is 31.8 Å². The molecule has 8 heteroatoms. The fourth-order valence-corrected chi connectivity index (χ4v) is 3.25. The summed E-state index contributed by atoms with van der Waals surface area (Å²) in [6, 6.07) is 0. The van der Waals surface area contributed by atoms with E-state index in [4.69, 9.17) is 9.47 Å². The van der Waals surface area contributed by atoms with E-state index in [-0.39, 0.29) is 29.6 Å². The fraction of sp³-hybridized carbons (Fsp3) is 0.733. The number of methoxy groups -OCH3 is 1. The average molecular weight is 454 g/mol. The fourth-order valence-electron chi connectivity index (χ4n) is 2.47. The first-order valence-corrected chi connectivity index (χ1v) is 8.48. The van der Waals surface area contributed by atoms with Gasteiger partial charge in [0, 0.05) is 70.8 Å². The second kappa shape index (κ2) is 10.4. The summed E-state index contributed by atoms with van der Waals surface area (Å²) in [7, 11) is 3.56. The van der Waals surface area contributed by atoms with Crippen molar-refractivity contribution >= 4 is 41.3 Å². The van der Waals surface area contributed by atoms with Gasteiger partial charge in [0.25, 0.3) is 0 Å². The standard InChI is InChI=1S/C15H26N4O2S.HI/c1-12-10-18-13(22-12)4-7-17-14(16-2)19-11-15(20-3)5-8-21-9-6-15;/h10H,4-9,11H2,1-3H3,(H2,16,17,19);1H. The summed E-state index contributed by atoms with van der Waals surface area (Å²) >= 11 is 1.74. The number of hydrogen-bond acceptors (Lipinski definition) is 5. The summed E-state index contributed by atoms with van der Waals surface area (Å²) in [5, 5.41) is 7.84. The molecule has 1 saturated heterocycles. The molecule has 1 fully saturated rings. The number of aromatic nitrogens is 1. The number of halogens is 1. The monoisotopic (exact) mass is 454 g/mol. The van der Waals surface area contributed by atoms with E-state index in [1.54, 1.807) is 25.5 Å². The lowest BCUT2D eigenvalue weighted by Crippen LogP contribution is -2.51. The number of nitrogens with one attached hydrogen (secondary N) is 2. The Morgan fingerprint density at radius 1 is 1.43 bits per heavy atom. The van der Waals surface area contributed by atoms with Gasteiger partial charge in [0.15, 0.2) is 5.96 Å². The van der Waals surface area contributed by atoms with Crippen LogP contribution < -0.4 is 10.6 Å². The average Bonchev–Trinajstić information content (AvgIpc) is 2.97. The van der Waals surface area contributed by atoms with Crippen LogP contribution in [0.3, 0.4) is 0 Å². The molecule has 0 spiro atoms. The Kier molecular flexibility index (Phi) is 9.33. The summed E-state index contributed by atoms with van der Waals surface area (Å²) in [6.07, 6.45) is 4.64. The van der Waals surface area contributed by atoms with E-state index in [1.165, 1.54) is 4.88 Å². The van der Waals surface area contributed by atoms with Crippen molar-refractivity contribution in [1.82, 2.24) is 15.6 Å². The van der Waals surface area contributed by atoms with Crippen molar-refractivity contribution < 1.29 is 9.47 Å². The summed E-state index contributed by atoms with van der Waals surface area (Å²) in [5.74, 6) is 0.802. The lowest BCUT2D eigenvalue weighted by molar-refractivity contribution is -0.0855. The number of aliphatic imine (C=N–C) groups is 1. The minimum Gasteiger partial charge on any atom is -0.381 e.